The van der Waals surface area contributed by atoms with Crippen LogP contribution >= 0.6 is 0 Å². The first-order chi connectivity index (χ1) is 7.18. The minimum Gasteiger partial charge on any atom is -0.506 e. The normalized spacial score (nSPS) is 26.5. The first-order valence-corrected chi connectivity index (χ1v) is 5.34. The SMILES string of the molecule is CC1COCCC1c1ccc(O)c(N)c1. The van der Waals surface area contributed by atoms with Gasteiger partial charge in [-0.3, -0.25) is 0 Å². The molecular formula is C12H17NO2. The minimum absolute atomic E-state index is 0.165. The lowest BCUT2D eigenvalue weighted by molar-refractivity contribution is 0.0473. The van der Waals surface area contributed by atoms with Gasteiger partial charge in [-0.25, -0.2) is 0 Å². The molecule has 1 fully saturated rings. The Morgan fingerprint density at radius 1 is 1.47 bits per heavy atom. The molecule has 0 bridgehead atoms. The number of anilines is 1. The Morgan fingerprint density at radius 2 is 2.27 bits per heavy atom. The number of phenolic OH excluding ortho intramolecular Hbond substituents is 1. The molecule has 0 saturated carbocycles. The summed E-state index contributed by atoms with van der Waals surface area (Å²) in [5.74, 6) is 1.18. The van der Waals surface area contributed by atoms with Gasteiger partial charge in [-0.2, -0.15) is 0 Å². The molecular weight excluding hydrogens is 190 g/mol. The maximum atomic E-state index is 9.36. The van der Waals surface area contributed by atoms with Gasteiger partial charge in [0.25, 0.3) is 0 Å². The second-order valence-corrected chi connectivity index (χ2v) is 4.27. The number of benzene rings is 1. The predicted octanol–water partition coefficient (Wildman–Crippen LogP) is 2.11. The van der Waals surface area contributed by atoms with E-state index in [9.17, 15) is 5.11 Å². The van der Waals surface area contributed by atoms with Crippen LogP contribution in [-0.2, 0) is 4.74 Å². The van der Waals surface area contributed by atoms with E-state index >= 15 is 0 Å². The molecule has 3 N–H and O–H groups in total. The van der Waals surface area contributed by atoms with Crippen molar-refractivity contribution in [1.29, 1.82) is 0 Å². The molecule has 1 heterocycles. The standard InChI is InChI=1S/C12H17NO2/c1-8-7-15-5-4-10(8)9-2-3-12(14)11(13)6-9/h2-3,6,8,10,14H,4-5,7,13H2,1H3. The number of aromatic hydroxyl groups is 1. The zero-order valence-corrected chi connectivity index (χ0v) is 8.94. The van der Waals surface area contributed by atoms with Crippen molar-refractivity contribution < 1.29 is 9.84 Å². The van der Waals surface area contributed by atoms with Crippen LogP contribution in [0.5, 0.6) is 5.75 Å². The van der Waals surface area contributed by atoms with E-state index in [1.165, 1.54) is 5.56 Å². The Hall–Kier alpha value is -1.22. The van der Waals surface area contributed by atoms with Gasteiger partial charge in [0.2, 0.25) is 0 Å². The van der Waals surface area contributed by atoms with Crippen LogP contribution in [0.3, 0.4) is 0 Å². The summed E-state index contributed by atoms with van der Waals surface area (Å²) in [6.45, 7) is 3.81. The summed E-state index contributed by atoms with van der Waals surface area (Å²) in [6.07, 6.45) is 1.03. The van der Waals surface area contributed by atoms with Gasteiger partial charge in [0.15, 0.2) is 0 Å². The summed E-state index contributed by atoms with van der Waals surface area (Å²) in [6, 6.07) is 5.51. The van der Waals surface area contributed by atoms with Crippen LogP contribution in [0.25, 0.3) is 0 Å². The molecule has 1 aromatic carbocycles. The number of ether oxygens (including phenoxy) is 1. The molecule has 1 aliphatic heterocycles. The Balaban J connectivity index is 2.24. The van der Waals surface area contributed by atoms with Crippen molar-refractivity contribution in [2.24, 2.45) is 5.92 Å². The number of hydrogen-bond acceptors (Lipinski definition) is 3. The molecule has 0 spiro atoms. The number of nitrogens with two attached hydrogens (primary N) is 1. The lowest BCUT2D eigenvalue weighted by Crippen LogP contribution is -2.23. The molecule has 0 amide bonds. The molecule has 1 saturated heterocycles. The number of hydrogen-bond donors (Lipinski definition) is 2. The fourth-order valence-electron chi connectivity index (χ4n) is 2.18. The van der Waals surface area contributed by atoms with Crippen LogP contribution in [0, 0.1) is 5.92 Å². The highest BCUT2D eigenvalue weighted by Gasteiger charge is 2.23. The van der Waals surface area contributed by atoms with Gasteiger partial charge in [-0.05, 0) is 36.0 Å². The van der Waals surface area contributed by atoms with Crippen molar-refractivity contribution in [3.63, 3.8) is 0 Å². The molecule has 3 heteroatoms. The molecule has 1 aliphatic rings. The largest absolute Gasteiger partial charge is 0.506 e. The molecule has 2 unspecified atom stereocenters. The molecule has 0 radical (unpaired) electrons. The zero-order chi connectivity index (χ0) is 10.8. The second-order valence-electron chi connectivity index (χ2n) is 4.27. The second kappa shape index (κ2) is 4.11. The number of phenols is 1. The molecule has 2 rings (SSSR count). The van der Waals surface area contributed by atoms with E-state index in [1.807, 2.05) is 12.1 Å². The Labute approximate surface area is 89.9 Å². The monoisotopic (exact) mass is 207 g/mol. The quantitative estimate of drug-likeness (QED) is 0.548. The third-order valence-electron chi connectivity index (χ3n) is 3.12. The van der Waals surface area contributed by atoms with Crippen molar-refractivity contribution in [1.82, 2.24) is 0 Å². The van der Waals surface area contributed by atoms with Gasteiger partial charge in [-0.1, -0.05) is 13.0 Å². The highest BCUT2D eigenvalue weighted by molar-refractivity contribution is 5.54. The summed E-state index contributed by atoms with van der Waals surface area (Å²) >= 11 is 0. The van der Waals surface area contributed by atoms with Crippen LogP contribution in [0.4, 0.5) is 5.69 Å². The highest BCUT2D eigenvalue weighted by atomic mass is 16.5. The predicted molar refractivity (Wildman–Crippen MR) is 59.9 cm³/mol. The number of nitrogen functional groups attached to an aromatic ring is 1. The van der Waals surface area contributed by atoms with Crippen molar-refractivity contribution in [3.8, 4) is 5.75 Å². The van der Waals surface area contributed by atoms with E-state index < -0.39 is 0 Å². The first kappa shape index (κ1) is 10.3. The van der Waals surface area contributed by atoms with Crippen LogP contribution in [0.2, 0.25) is 0 Å². The van der Waals surface area contributed by atoms with Gasteiger partial charge in [0, 0.05) is 13.2 Å². The summed E-state index contributed by atoms with van der Waals surface area (Å²) in [5, 5.41) is 9.36. The van der Waals surface area contributed by atoms with Gasteiger partial charge < -0.3 is 15.6 Å². The van der Waals surface area contributed by atoms with Gasteiger partial charge >= 0.3 is 0 Å². The summed E-state index contributed by atoms with van der Waals surface area (Å²) in [7, 11) is 0. The highest BCUT2D eigenvalue weighted by Crippen LogP contribution is 2.34. The summed E-state index contributed by atoms with van der Waals surface area (Å²) in [4.78, 5) is 0. The van der Waals surface area contributed by atoms with Crippen molar-refractivity contribution in [3.05, 3.63) is 23.8 Å². The minimum atomic E-state index is 0.165. The van der Waals surface area contributed by atoms with Crippen LogP contribution < -0.4 is 5.73 Å². The van der Waals surface area contributed by atoms with Crippen molar-refractivity contribution in [2.45, 2.75) is 19.3 Å². The average Bonchev–Trinajstić information content (AvgIpc) is 2.23. The average molecular weight is 207 g/mol. The molecule has 3 nitrogen and oxygen atoms in total. The zero-order valence-electron chi connectivity index (χ0n) is 8.94. The summed E-state index contributed by atoms with van der Waals surface area (Å²) < 4.78 is 5.41. The first-order valence-electron chi connectivity index (χ1n) is 5.34. The van der Waals surface area contributed by atoms with E-state index in [0.717, 1.165) is 19.6 Å². The third kappa shape index (κ3) is 2.07. The molecule has 1 aromatic rings. The smallest absolute Gasteiger partial charge is 0.138 e. The lowest BCUT2D eigenvalue weighted by Gasteiger charge is -2.29. The van der Waals surface area contributed by atoms with Crippen LogP contribution in [0.1, 0.15) is 24.8 Å². The molecule has 2 atom stereocenters. The maximum Gasteiger partial charge on any atom is 0.138 e. The topological polar surface area (TPSA) is 55.5 Å². The van der Waals surface area contributed by atoms with Gasteiger partial charge in [0.05, 0.1) is 5.69 Å². The van der Waals surface area contributed by atoms with Crippen LogP contribution in [0.15, 0.2) is 18.2 Å². The fourth-order valence-corrected chi connectivity index (χ4v) is 2.18. The Morgan fingerprint density at radius 3 is 2.93 bits per heavy atom. The maximum absolute atomic E-state index is 9.36. The Kier molecular flexibility index (Phi) is 2.82. The van der Waals surface area contributed by atoms with E-state index in [2.05, 4.69) is 6.92 Å². The molecule has 82 valence electrons. The Bertz CT molecular complexity index is 351. The third-order valence-corrected chi connectivity index (χ3v) is 3.12. The molecule has 0 aromatic heterocycles. The summed E-state index contributed by atoms with van der Waals surface area (Å²) in [5.41, 5.74) is 7.36. The van der Waals surface area contributed by atoms with E-state index in [0.29, 0.717) is 17.5 Å². The van der Waals surface area contributed by atoms with Crippen molar-refractivity contribution >= 4 is 5.69 Å². The molecule has 15 heavy (non-hydrogen) atoms. The van der Waals surface area contributed by atoms with Crippen LogP contribution in [-0.4, -0.2) is 18.3 Å². The van der Waals surface area contributed by atoms with Gasteiger partial charge in [-0.15, -0.1) is 0 Å². The van der Waals surface area contributed by atoms with Gasteiger partial charge in [0.1, 0.15) is 5.75 Å². The van der Waals surface area contributed by atoms with E-state index in [4.69, 9.17) is 10.5 Å². The molecule has 0 aliphatic carbocycles. The fraction of sp³-hybridized carbons (Fsp3) is 0.500. The number of rotatable bonds is 1. The van der Waals surface area contributed by atoms with Crippen molar-refractivity contribution in [2.75, 3.05) is 18.9 Å². The van der Waals surface area contributed by atoms with E-state index in [1.54, 1.807) is 6.07 Å². The lowest BCUT2D eigenvalue weighted by atomic mass is 9.84. The van der Waals surface area contributed by atoms with E-state index in [-0.39, 0.29) is 5.75 Å².